The van der Waals surface area contributed by atoms with Crippen LogP contribution < -0.4 is 20.7 Å². The van der Waals surface area contributed by atoms with Gasteiger partial charge in [0.2, 0.25) is 5.03 Å². The van der Waals surface area contributed by atoms with Crippen molar-refractivity contribution in [3.05, 3.63) is 48.7 Å². The first-order valence-electron chi connectivity index (χ1n) is 12.2. The van der Waals surface area contributed by atoms with E-state index in [1.165, 1.54) is 41.2 Å². The molecule has 41 heavy (non-hydrogen) atoms. The molecule has 0 aliphatic carbocycles. The second-order valence-electron chi connectivity index (χ2n) is 8.91. The van der Waals surface area contributed by atoms with Gasteiger partial charge in [0, 0.05) is 24.0 Å². The van der Waals surface area contributed by atoms with Crippen molar-refractivity contribution in [3.8, 4) is 0 Å². The Balaban J connectivity index is 1.26. The van der Waals surface area contributed by atoms with Crippen molar-refractivity contribution in [1.82, 2.24) is 30.0 Å². The van der Waals surface area contributed by atoms with Crippen molar-refractivity contribution < 1.29 is 37.5 Å². The van der Waals surface area contributed by atoms with Crippen LogP contribution in [0.4, 0.5) is 22.0 Å². The molecule has 18 heteroatoms. The summed E-state index contributed by atoms with van der Waals surface area (Å²) >= 11 is 0. The van der Waals surface area contributed by atoms with Gasteiger partial charge in [-0.25, -0.2) is 19.7 Å². The molecule has 0 bridgehead atoms. The lowest BCUT2D eigenvalue weighted by molar-refractivity contribution is -0.137. The van der Waals surface area contributed by atoms with E-state index in [9.17, 15) is 28.2 Å². The Labute approximate surface area is 232 Å². The maximum atomic E-state index is 12.7. The van der Waals surface area contributed by atoms with Gasteiger partial charge in [0.25, 0.3) is 15.9 Å². The van der Waals surface area contributed by atoms with Crippen LogP contribution in [-0.2, 0) is 19.6 Å². The van der Waals surface area contributed by atoms with Crippen LogP contribution in [0.15, 0.2) is 52.5 Å². The Morgan fingerprint density at radius 1 is 1.05 bits per heavy atom. The highest BCUT2D eigenvalue weighted by Crippen LogP contribution is 2.32. The van der Waals surface area contributed by atoms with Crippen molar-refractivity contribution >= 4 is 50.3 Å². The van der Waals surface area contributed by atoms with Gasteiger partial charge in [-0.3, -0.25) is 19.4 Å². The third-order valence-corrected chi connectivity index (χ3v) is 7.24. The number of aliphatic hydroxyl groups is 2. The zero-order valence-corrected chi connectivity index (χ0v) is 22.4. The highest BCUT2D eigenvalue weighted by atomic mass is 32.2. The monoisotopic (exact) mass is 587 g/mol. The average molecular weight is 588 g/mol. The van der Waals surface area contributed by atoms with Crippen LogP contribution in [0.5, 0.6) is 0 Å². The molecule has 4 unspecified atom stereocenters. The molecule has 6 N–H and O–H groups in total. The standard InChI is InChI=1S/C23H25N9O8S/c1-3-24-21(35)18-16(33)17(34)22(39-18)32-10-27-15-19(25-9-26-20(15)32)29-23(36)28-12-4-6-13(7-5-12)31-41(37,38)14-8-11(2)40-30-14/h4-10,16-18,22,31,33-34H,3H2,1-2H3,(H,24,35)(H2,25,26,28,29,36). The number of aryl methyl sites for hydroxylation is 1. The van der Waals surface area contributed by atoms with Gasteiger partial charge in [0.05, 0.1) is 6.33 Å². The van der Waals surface area contributed by atoms with Crippen molar-refractivity contribution in [2.45, 2.75) is 43.4 Å². The van der Waals surface area contributed by atoms with E-state index in [0.29, 0.717) is 18.0 Å². The number of anilines is 3. The Kier molecular flexibility index (Phi) is 7.54. The fraction of sp³-hybridized carbons (Fsp3) is 0.304. The van der Waals surface area contributed by atoms with Gasteiger partial charge in [-0.2, -0.15) is 8.42 Å². The van der Waals surface area contributed by atoms with E-state index in [2.05, 4.69) is 40.8 Å². The first-order valence-corrected chi connectivity index (χ1v) is 13.7. The number of aromatic nitrogens is 5. The molecule has 1 aromatic carbocycles. The molecular weight excluding hydrogens is 562 g/mol. The van der Waals surface area contributed by atoms with Gasteiger partial charge in [-0.1, -0.05) is 5.16 Å². The van der Waals surface area contributed by atoms with Gasteiger partial charge in [0.15, 0.2) is 29.3 Å². The lowest BCUT2D eigenvalue weighted by Crippen LogP contribution is -2.42. The summed E-state index contributed by atoms with van der Waals surface area (Å²) in [6.45, 7) is 3.59. The summed E-state index contributed by atoms with van der Waals surface area (Å²) in [7, 11) is -3.95. The largest absolute Gasteiger partial charge is 0.387 e. The molecule has 1 saturated heterocycles. The van der Waals surface area contributed by atoms with Crippen molar-refractivity contribution in [2.24, 2.45) is 0 Å². The second-order valence-corrected chi connectivity index (χ2v) is 10.5. The molecule has 0 radical (unpaired) electrons. The van der Waals surface area contributed by atoms with Crippen LogP contribution in [0.25, 0.3) is 11.2 Å². The number of amides is 3. The zero-order valence-electron chi connectivity index (χ0n) is 21.5. The summed E-state index contributed by atoms with van der Waals surface area (Å²) in [5.41, 5.74) is 0.895. The van der Waals surface area contributed by atoms with E-state index in [0.717, 1.165) is 6.33 Å². The third kappa shape index (κ3) is 5.66. The van der Waals surface area contributed by atoms with Crippen LogP contribution in [0.2, 0.25) is 0 Å². The molecule has 0 saturated carbocycles. The number of rotatable bonds is 8. The van der Waals surface area contributed by atoms with Crippen LogP contribution in [-0.4, -0.2) is 80.1 Å². The quantitative estimate of drug-likeness (QED) is 0.163. The van der Waals surface area contributed by atoms with Gasteiger partial charge in [-0.15, -0.1) is 0 Å². The molecule has 216 valence electrons. The maximum absolute atomic E-state index is 12.7. The summed E-state index contributed by atoms with van der Waals surface area (Å²) in [5, 5.41) is 31.8. The molecule has 4 heterocycles. The number of fused-ring (bicyclic) bond motifs is 1. The molecule has 1 aliphatic rings. The van der Waals surface area contributed by atoms with E-state index in [1.54, 1.807) is 13.8 Å². The fourth-order valence-electron chi connectivity index (χ4n) is 4.08. The normalized spacial score (nSPS) is 20.6. The zero-order chi connectivity index (χ0) is 29.3. The lowest BCUT2D eigenvalue weighted by atomic mass is 10.1. The van der Waals surface area contributed by atoms with Crippen LogP contribution in [0.1, 0.15) is 18.9 Å². The molecule has 1 fully saturated rings. The van der Waals surface area contributed by atoms with E-state index in [1.807, 2.05) is 0 Å². The van der Waals surface area contributed by atoms with Gasteiger partial charge < -0.3 is 30.1 Å². The number of carbonyl (C=O) groups is 2. The minimum atomic E-state index is -3.95. The smallest absolute Gasteiger partial charge is 0.324 e. The molecule has 4 aromatic rings. The second kappa shape index (κ2) is 11.1. The van der Waals surface area contributed by atoms with Crippen LogP contribution >= 0.6 is 0 Å². The highest BCUT2D eigenvalue weighted by molar-refractivity contribution is 7.92. The molecule has 3 aromatic heterocycles. The van der Waals surface area contributed by atoms with Crippen molar-refractivity contribution in [1.29, 1.82) is 0 Å². The van der Waals surface area contributed by atoms with Crippen LogP contribution in [0.3, 0.4) is 0 Å². The Morgan fingerprint density at radius 3 is 2.46 bits per heavy atom. The summed E-state index contributed by atoms with van der Waals surface area (Å²) in [6.07, 6.45) is -2.98. The number of imidazole rings is 1. The predicted octanol–water partition coefficient (Wildman–Crippen LogP) is 0.323. The minimum Gasteiger partial charge on any atom is -0.387 e. The van der Waals surface area contributed by atoms with Gasteiger partial charge in [0.1, 0.15) is 24.3 Å². The number of hydrogen-bond acceptors (Lipinski definition) is 12. The number of likely N-dealkylation sites (N-methyl/N-ethyl adjacent to an activating group) is 1. The Hall–Kier alpha value is -4.65. The molecule has 17 nitrogen and oxygen atoms in total. The SMILES string of the molecule is CCNC(=O)C1OC(n2cnc3c(NC(=O)Nc4ccc(NS(=O)(=O)c5cc(C)on5)cc4)ncnc32)C(O)C1O. The Bertz CT molecular complexity index is 1690. The maximum Gasteiger partial charge on any atom is 0.324 e. The highest BCUT2D eigenvalue weighted by Gasteiger charge is 2.47. The molecule has 1 aliphatic heterocycles. The molecule has 0 spiro atoms. The minimum absolute atomic E-state index is 0.0341. The average Bonchev–Trinajstić information content (AvgIpc) is 3.64. The number of benzene rings is 1. The van der Waals surface area contributed by atoms with Gasteiger partial charge >= 0.3 is 6.03 Å². The first-order chi connectivity index (χ1) is 19.6. The molecule has 4 atom stereocenters. The van der Waals surface area contributed by atoms with Crippen molar-refractivity contribution in [3.63, 3.8) is 0 Å². The van der Waals surface area contributed by atoms with E-state index in [4.69, 9.17) is 9.26 Å². The number of nitrogens with zero attached hydrogens (tertiary/aromatic N) is 5. The molecule has 5 rings (SSSR count). The number of carbonyl (C=O) groups excluding carboxylic acids is 2. The van der Waals surface area contributed by atoms with E-state index in [-0.39, 0.29) is 27.7 Å². The number of aliphatic hydroxyl groups excluding tert-OH is 2. The summed E-state index contributed by atoms with van der Waals surface area (Å²) < 4.78 is 38.9. The number of ether oxygens (including phenoxy) is 1. The Morgan fingerprint density at radius 2 is 1.78 bits per heavy atom. The summed E-state index contributed by atoms with van der Waals surface area (Å²) in [5.74, 6) is -0.195. The summed E-state index contributed by atoms with van der Waals surface area (Å²) in [4.78, 5) is 37.3. The van der Waals surface area contributed by atoms with Crippen LogP contribution in [0, 0.1) is 6.92 Å². The predicted molar refractivity (Wildman–Crippen MR) is 141 cm³/mol. The number of urea groups is 1. The topological polar surface area (TPSA) is 236 Å². The van der Waals surface area contributed by atoms with Gasteiger partial charge in [-0.05, 0) is 38.1 Å². The lowest BCUT2D eigenvalue weighted by Gasteiger charge is -2.16. The molecule has 3 amide bonds. The fourth-order valence-corrected chi connectivity index (χ4v) is 5.09. The summed E-state index contributed by atoms with van der Waals surface area (Å²) in [6, 6.07) is 6.44. The van der Waals surface area contributed by atoms with E-state index < -0.39 is 46.5 Å². The van der Waals surface area contributed by atoms with E-state index >= 15 is 0 Å². The number of hydrogen-bond donors (Lipinski definition) is 6. The van der Waals surface area contributed by atoms with Crippen molar-refractivity contribution in [2.75, 3.05) is 21.9 Å². The molecular formula is C23H25N9O8S. The first kappa shape index (κ1) is 27.9. The number of sulfonamides is 1. The third-order valence-electron chi connectivity index (χ3n) is 5.99. The number of nitrogens with one attached hydrogen (secondary N) is 4.